The third-order valence-electron chi connectivity index (χ3n) is 11.9. The lowest BCUT2D eigenvalue weighted by atomic mass is 9.43. The first-order valence-electron chi connectivity index (χ1n) is 13.4. The Morgan fingerprint density at radius 1 is 0.806 bits per heavy atom. The second kappa shape index (κ2) is 6.93. The minimum Gasteiger partial charge on any atom is -0.393 e. The Morgan fingerprint density at radius 2 is 1.58 bits per heavy atom. The number of fused-ring (bicyclic) bond motifs is 7. The van der Waals surface area contributed by atoms with Gasteiger partial charge in [0.2, 0.25) is 0 Å². The maximum Gasteiger partial charge on any atom is 0.171 e. The summed E-state index contributed by atoms with van der Waals surface area (Å²) in [5, 5.41) is 21.5. The van der Waals surface area contributed by atoms with Crippen molar-refractivity contribution in [1.82, 2.24) is 0 Å². The van der Waals surface area contributed by atoms with Crippen LogP contribution in [0.5, 0.6) is 0 Å². The van der Waals surface area contributed by atoms with Gasteiger partial charge in [0.1, 0.15) is 0 Å². The van der Waals surface area contributed by atoms with Crippen molar-refractivity contribution in [2.75, 3.05) is 6.61 Å². The molecule has 13 atom stereocenters. The van der Waals surface area contributed by atoms with E-state index in [4.69, 9.17) is 9.47 Å². The minimum atomic E-state index is -0.338. The SMILES string of the molecule is C[C@@H]1CC[C@@]2(OC1)O[C@H]1C[C@@H]3[C@@H]4C[C@H](O)[C@H]5C[C@@H](O)CC[C@]5(C)[C@H]4CC[C@]3(C)[C@H]1[C@@H]2C. The fraction of sp³-hybridized carbons (Fsp3) is 1.00. The summed E-state index contributed by atoms with van der Waals surface area (Å²) in [6, 6.07) is 0. The highest BCUT2D eigenvalue weighted by Crippen LogP contribution is 2.71. The standard InChI is InChI=1S/C27H44O4/c1-15-5-10-27(30-14-15)16(2)24-23(31-27)13-20-18-12-22(29)21-11-17(28)6-8-25(21,3)19(18)7-9-26(20,24)4/h15-24,28-29H,5-14H2,1-4H3/t15-,16+,17+,18-,19+,20-,21-,22+,23+,24+,25-,26+,27-/m1/s1. The van der Waals surface area contributed by atoms with Gasteiger partial charge in [-0.05, 0) is 97.7 Å². The van der Waals surface area contributed by atoms with Gasteiger partial charge in [0, 0.05) is 12.3 Å². The number of aliphatic hydroxyl groups is 2. The van der Waals surface area contributed by atoms with Crippen molar-refractivity contribution in [3.8, 4) is 0 Å². The second-order valence-electron chi connectivity index (χ2n) is 13.2. The molecule has 0 aromatic heterocycles. The summed E-state index contributed by atoms with van der Waals surface area (Å²) in [5.74, 6) is 3.58. The summed E-state index contributed by atoms with van der Waals surface area (Å²) in [6.07, 6.45) is 9.58. The molecule has 0 bridgehead atoms. The lowest BCUT2D eigenvalue weighted by molar-refractivity contribution is -0.273. The van der Waals surface area contributed by atoms with E-state index in [-0.39, 0.29) is 29.3 Å². The zero-order valence-corrected chi connectivity index (χ0v) is 20.1. The molecule has 6 rings (SSSR count). The van der Waals surface area contributed by atoms with Crippen molar-refractivity contribution < 1.29 is 19.7 Å². The molecule has 0 radical (unpaired) electrons. The smallest absolute Gasteiger partial charge is 0.171 e. The van der Waals surface area contributed by atoms with Crippen LogP contribution in [0.3, 0.4) is 0 Å². The first-order valence-corrected chi connectivity index (χ1v) is 13.4. The molecule has 2 heterocycles. The van der Waals surface area contributed by atoms with Gasteiger partial charge in [-0.15, -0.1) is 0 Å². The highest BCUT2D eigenvalue weighted by atomic mass is 16.7. The third kappa shape index (κ3) is 2.80. The van der Waals surface area contributed by atoms with Crippen LogP contribution >= 0.6 is 0 Å². The van der Waals surface area contributed by atoms with Crippen LogP contribution in [0.2, 0.25) is 0 Å². The van der Waals surface area contributed by atoms with Crippen molar-refractivity contribution in [2.45, 2.75) is 110 Å². The van der Waals surface area contributed by atoms with E-state index in [0.717, 1.165) is 45.1 Å². The molecule has 6 fully saturated rings. The summed E-state index contributed by atoms with van der Waals surface area (Å²) in [6.45, 7) is 10.6. The largest absolute Gasteiger partial charge is 0.393 e. The van der Waals surface area contributed by atoms with Crippen LogP contribution in [-0.2, 0) is 9.47 Å². The highest BCUT2D eigenvalue weighted by molar-refractivity contribution is 5.16. The number of hydrogen-bond donors (Lipinski definition) is 2. The highest BCUT2D eigenvalue weighted by Gasteiger charge is 2.69. The zero-order valence-electron chi connectivity index (χ0n) is 20.1. The first kappa shape index (κ1) is 21.4. The molecule has 4 heteroatoms. The van der Waals surface area contributed by atoms with Gasteiger partial charge in [-0.2, -0.15) is 0 Å². The molecular weight excluding hydrogens is 388 g/mol. The van der Waals surface area contributed by atoms with Gasteiger partial charge >= 0.3 is 0 Å². The van der Waals surface area contributed by atoms with Crippen LogP contribution in [0.4, 0.5) is 0 Å². The fourth-order valence-corrected chi connectivity index (χ4v) is 10.3. The van der Waals surface area contributed by atoms with Crippen LogP contribution in [-0.4, -0.2) is 40.9 Å². The van der Waals surface area contributed by atoms with Crippen molar-refractivity contribution in [2.24, 2.45) is 52.3 Å². The Hall–Kier alpha value is -0.160. The van der Waals surface area contributed by atoms with Crippen LogP contribution in [0.1, 0.15) is 85.5 Å². The quantitative estimate of drug-likeness (QED) is 0.579. The topological polar surface area (TPSA) is 58.9 Å². The molecule has 4 saturated carbocycles. The van der Waals surface area contributed by atoms with E-state index in [0.29, 0.717) is 47.0 Å². The van der Waals surface area contributed by atoms with Gasteiger partial charge < -0.3 is 19.7 Å². The van der Waals surface area contributed by atoms with Gasteiger partial charge in [0.15, 0.2) is 5.79 Å². The summed E-state index contributed by atoms with van der Waals surface area (Å²) >= 11 is 0. The van der Waals surface area contributed by atoms with Crippen LogP contribution in [0, 0.1) is 52.3 Å². The molecular formula is C27H44O4. The molecule has 4 aliphatic carbocycles. The predicted octanol–water partition coefficient (Wildman–Crippen LogP) is 4.76. The van der Waals surface area contributed by atoms with Gasteiger partial charge in [0.25, 0.3) is 0 Å². The summed E-state index contributed by atoms with van der Waals surface area (Å²) in [4.78, 5) is 0. The minimum absolute atomic E-state index is 0.191. The Balaban J connectivity index is 1.28. The van der Waals surface area contributed by atoms with Crippen molar-refractivity contribution in [1.29, 1.82) is 0 Å². The van der Waals surface area contributed by atoms with Gasteiger partial charge in [-0.1, -0.05) is 27.7 Å². The Kier molecular flexibility index (Phi) is 4.78. The first-order chi connectivity index (χ1) is 14.7. The predicted molar refractivity (Wildman–Crippen MR) is 119 cm³/mol. The van der Waals surface area contributed by atoms with Gasteiger partial charge in [-0.3, -0.25) is 0 Å². The van der Waals surface area contributed by atoms with E-state index in [9.17, 15) is 10.2 Å². The lowest BCUT2D eigenvalue weighted by Crippen LogP contribution is -2.58. The van der Waals surface area contributed by atoms with E-state index in [1.54, 1.807) is 0 Å². The average Bonchev–Trinajstić information content (AvgIpc) is 3.17. The molecule has 6 aliphatic rings. The summed E-state index contributed by atoms with van der Waals surface area (Å²) in [7, 11) is 0. The molecule has 0 aromatic rings. The molecule has 4 nitrogen and oxygen atoms in total. The van der Waals surface area contributed by atoms with Crippen LogP contribution in [0.25, 0.3) is 0 Å². The van der Waals surface area contributed by atoms with E-state index in [2.05, 4.69) is 27.7 Å². The molecule has 2 N–H and O–H groups in total. The molecule has 31 heavy (non-hydrogen) atoms. The Bertz CT molecular complexity index is 716. The fourth-order valence-electron chi connectivity index (χ4n) is 10.3. The van der Waals surface area contributed by atoms with E-state index in [1.165, 1.54) is 19.3 Å². The number of ether oxygens (including phenoxy) is 2. The number of hydrogen-bond acceptors (Lipinski definition) is 4. The Morgan fingerprint density at radius 3 is 2.32 bits per heavy atom. The van der Waals surface area contributed by atoms with Gasteiger partial charge in [0.05, 0.1) is 24.9 Å². The lowest BCUT2D eigenvalue weighted by Gasteiger charge is -2.62. The van der Waals surface area contributed by atoms with E-state index < -0.39 is 0 Å². The monoisotopic (exact) mass is 432 g/mol. The number of rotatable bonds is 0. The Labute approximate surface area is 188 Å². The molecule has 0 aromatic carbocycles. The molecule has 1 spiro atoms. The molecule has 2 saturated heterocycles. The summed E-state index contributed by atoms with van der Waals surface area (Å²) in [5.41, 5.74) is 0.495. The van der Waals surface area contributed by atoms with Crippen molar-refractivity contribution in [3.63, 3.8) is 0 Å². The molecule has 176 valence electrons. The second-order valence-corrected chi connectivity index (χ2v) is 13.2. The molecule has 0 amide bonds. The van der Waals surface area contributed by atoms with E-state index >= 15 is 0 Å². The van der Waals surface area contributed by atoms with Crippen LogP contribution < -0.4 is 0 Å². The molecule has 0 unspecified atom stereocenters. The number of aliphatic hydroxyl groups excluding tert-OH is 2. The van der Waals surface area contributed by atoms with Crippen molar-refractivity contribution in [3.05, 3.63) is 0 Å². The van der Waals surface area contributed by atoms with E-state index in [1.807, 2.05) is 0 Å². The van der Waals surface area contributed by atoms with Crippen molar-refractivity contribution >= 4 is 0 Å². The van der Waals surface area contributed by atoms with Crippen LogP contribution in [0.15, 0.2) is 0 Å². The van der Waals surface area contributed by atoms with Gasteiger partial charge in [-0.25, -0.2) is 0 Å². The third-order valence-corrected chi connectivity index (χ3v) is 11.9. The normalized spacial score (nSPS) is 63.3. The maximum absolute atomic E-state index is 11.2. The average molecular weight is 433 g/mol. The molecule has 2 aliphatic heterocycles. The maximum atomic E-state index is 11.2. The summed E-state index contributed by atoms with van der Waals surface area (Å²) < 4.78 is 13.3. The zero-order chi connectivity index (χ0) is 21.8.